The minimum atomic E-state index is -3.18. The summed E-state index contributed by atoms with van der Waals surface area (Å²) in [5.74, 6) is 0.152. The van der Waals surface area contributed by atoms with E-state index in [2.05, 4.69) is 5.32 Å². The summed E-state index contributed by atoms with van der Waals surface area (Å²) >= 11 is 0. The normalized spacial score (nSPS) is 16.7. The summed E-state index contributed by atoms with van der Waals surface area (Å²) in [4.78, 5) is 12.1. The zero-order valence-corrected chi connectivity index (χ0v) is 11.2. The highest BCUT2D eigenvalue weighted by atomic mass is 32.2. The number of carbonyl (C=O) groups excluding carboxylic acids is 1. The van der Waals surface area contributed by atoms with Crippen molar-refractivity contribution in [2.75, 3.05) is 11.6 Å². The molecule has 0 atom stereocenters. The third kappa shape index (κ3) is 3.10. The molecule has 1 fully saturated rings. The minimum absolute atomic E-state index is 0.0413. The van der Waals surface area contributed by atoms with Crippen molar-refractivity contribution in [1.82, 2.24) is 0 Å². The minimum Gasteiger partial charge on any atom is -0.326 e. The van der Waals surface area contributed by atoms with Crippen molar-refractivity contribution in [2.45, 2.75) is 30.6 Å². The molecule has 1 amide bonds. The van der Waals surface area contributed by atoms with Crippen LogP contribution in [0.5, 0.6) is 0 Å². The van der Waals surface area contributed by atoms with Crippen LogP contribution in [0.3, 0.4) is 0 Å². The average Bonchev–Trinajstić information content (AvgIpc) is 2.82. The fourth-order valence-corrected chi connectivity index (χ4v) is 2.85. The van der Waals surface area contributed by atoms with Crippen molar-refractivity contribution in [3.8, 4) is 0 Å². The first-order valence-corrected chi connectivity index (χ1v) is 7.97. The molecule has 0 aromatic heterocycles. The van der Waals surface area contributed by atoms with Crippen LogP contribution in [-0.2, 0) is 14.6 Å². The lowest BCUT2D eigenvalue weighted by Crippen LogP contribution is -2.20. The fourth-order valence-electron chi connectivity index (χ4n) is 2.22. The van der Waals surface area contributed by atoms with E-state index >= 15 is 0 Å². The van der Waals surface area contributed by atoms with Crippen LogP contribution < -0.4 is 5.32 Å². The summed E-state index contributed by atoms with van der Waals surface area (Å²) in [7, 11) is -3.18. The molecule has 1 aromatic rings. The summed E-state index contributed by atoms with van der Waals surface area (Å²) in [5, 5.41) is 2.83. The number of rotatable bonds is 3. The molecular formula is C13H17NO3S. The van der Waals surface area contributed by atoms with Crippen molar-refractivity contribution in [2.24, 2.45) is 5.92 Å². The molecule has 0 spiro atoms. The smallest absolute Gasteiger partial charge is 0.227 e. The van der Waals surface area contributed by atoms with Gasteiger partial charge in [-0.15, -0.1) is 0 Å². The Labute approximate surface area is 107 Å². The summed E-state index contributed by atoms with van der Waals surface area (Å²) in [5.41, 5.74) is 0.652. The molecule has 0 aliphatic heterocycles. The van der Waals surface area contributed by atoms with E-state index in [0.29, 0.717) is 5.69 Å². The number of amides is 1. The molecule has 1 N–H and O–H groups in total. The number of anilines is 1. The van der Waals surface area contributed by atoms with Gasteiger partial charge >= 0.3 is 0 Å². The van der Waals surface area contributed by atoms with Crippen LogP contribution in [0.2, 0.25) is 0 Å². The fraction of sp³-hybridized carbons (Fsp3) is 0.462. The Morgan fingerprint density at radius 2 is 1.72 bits per heavy atom. The molecule has 0 radical (unpaired) electrons. The lowest BCUT2D eigenvalue weighted by atomic mass is 10.1. The van der Waals surface area contributed by atoms with Gasteiger partial charge in [0.1, 0.15) is 0 Å². The molecule has 1 aliphatic carbocycles. The maximum Gasteiger partial charge on any atom is 0.227 e. The number of hydrogen-bond acceptors (Lipinski definition) is 3. The summed E-state index contributed by atoms with van der Waals surface area (Å²) in [6.45, 7) is 0. The van der Waals surface area contributed by atoms with E-state index in [4.69, 9.17) is 0 Å². The Bertz CT molecular complexity index is 528. The Morgan fingerprint density at radius 3 is 2.22 bits per heavy atom. The van der Waals surface area contributed by atoms with Crippen LogP contribution in [0.15, 0.2) is 29.2 Å². The van der Waals surface area contributed by atoms with Gasteiger partial charge in [0, 0.05) is 17.9 Å². The molecule has 5 heteroatoms. The molecular weight excluding hydrogens is 250 g/mol. The monoisotopic (exact) mass is 267 g/mol. The van der Waals surface area contributed by atoms with E-state index in [9.17, 15) is 13.2 Å². The molecule has 4 nitrogen and oxygen atoms in total. The molecule has 0 saturated heterocycles. The lowest BCUT2D eigenvalue weighted by molar-refractivity contribution is -0.119. The van der Waals surface area contributed by atoms with Crippen LogP contribution in [0.1, 0.15) is 25.7 Å². The maximum absolute atomic E-state index is 11.9. The number of carbonyl (C=O) groups is 1. The largest absolute Gasteiger partial charge is 0.326 e. The van der Waals surface area contributed by atoms with Crippen LogP contribution >= 0.6 is 0 Å². The molecule has 0 heterocycles. The topological polar surface area (TPSA) is 63.2 Å². The van der Waals surface area contributed by atoms with Crippen molar-refractivity contribution < 1.29 is 13.2 Å². The molecule has 1 aromatic carbocycles. The molecule has 18 heavy (non-hydrogen) atoms. The van der Waals surface area contributed by atoms with E-state index < -0.39 is 9.84 Å². The molecule has 98 valence electrons. The van der Waals surface area contributed by atoms with Crippen LogP contribution in [0, 0.1) is 5.92 Å². The van der Waals surface area contributed by atoms with E-state index in [1.165, 1.54) is 18.4 Å². The molecule has 1 saturated carbocycles. The van der Waals surface area contributed by atoms with Gasteiger partial charge in [0.2, 0.25) is 5.91 Å². The third-order valence-corrected chi connectivity index (χ3v) is 4.40. The number of benzene rings is 1. The lowest BCUT2D eigenvalue weighted by Gasteiger charge is -2.10. The number of hydrogen-bond donors (Lipinski definition) is 1. The molecule has 0 bridgehead atoms. The van der Waals surface area contributed by atoms with E-state index in [1.807, 2.05) is 0 Å². The summed E-state index contributed by atoms with van der Waals surface area (Å²) < 4.78 is 22.6. The predicted octanol–water partition coefficient (Wildman–Crippen LogP) is 2.22. The van der Waals surface area contributed by atoms with Gasteiger partial charge in [-0.3, -0.25) is 4.79 Å². The van der Waals surface area contributed by atoms with Gasteiger partial charge in [-0.25, -0.2) is 8.42 Å². The Morgan fingerprint density at radius 1 is 1.17 bits per heavy atom. The second-order valence-electron chi connectivity index (χ2n) is 4.77. The van der Waals surface area contributed by atoms with Crippen molar-refractivity contribution in [3.05, 3.63) is 24.3 Å². The van der Waals surface area contributed by atoms with Gasteiger partial charge in [0.05, 0.1) is 4.90 Å². The third-order valence-electron chi connectivity index (χ3n) is 3.28. The second-order valence-corrected chi connectivity index (χ2v) is 6.78. The number of nitrogens with one attached hydrogen (secondary N) is 1. The zero-order chi connectivity index (χ0) is 13.2. The SMILES string of the molecule is CS(=O)(=O)c1ccc(NC(=O)C2CCCC2)cc1. The van der Waals surface area contributed by atoms with E-state index in [0.717, 1.165) is 25.7 Å². The standard InChI is InChI=1S/C13H17NO3S/c1-18(16,17)12-8-6-11(7-9-12)14-13(15)10-4-2-3-5-10/h6-10H,2-5H2,1H3,(H,14,15). The van der Waals surface area contributed by atoms with Crippen molar-refractivity contribution in [3.63, 3.8) is 0 Å². The number of sulfone groups is 1. The molecule has 1 aliphatic rings. The highest BCUT2D eigenvalue weighted by Gasteiger charge is 2.22. The van der Waals surface area contributed by atoms with Crippen LogP contribution in [-0.4, -0.2) is 20.6 Å². The Hall–Kier alpha value is -1.36. The van der Waals surface area contributed by atoms with Crippen LogP contribution in [0.4, 0.5) is 5.69 Å². The van der Waals surface area contributed by atoms with Gasteiger partial charge < -0.3 is 5.32 Å². The van der Waals surface area contributed by atoms with E-state index in [1.54, 1.807) is 12.1 Å². The first-order chi connectivity index (χ1) is 8.47. The Balaban J connectivity index is 2.04. The van der Waals surface area contributed by atoms with Gasteiger partial charge in [0.15, 0.2) is 9.84 Å². The first kappa shape index (κ1) is 13.1. The van der Waals surface area contributed by atoms with Gasteiger partial charge in [-0.05, 0) is 37.1 Å². The Kier molecular flexibility index (Phi) is 3.71. The summed E-state index contributed by atoms with van der Waals surface area (Å²) in [6, 6.07) is 6.28. The van der Waals surface area contributed by atoms with E-state index in [-0.39, 0.29) is 16.7 Å². The first-order valence-electron chi connectivity index (χ1n) is 6.08. The summed E-state index contributed by atoms with van der Waals surface area (Å²) in [6.07, 6.45) is 5.30. The zero-order valence-electron chi connectivity index (χ0n) is 10.3. The highest BCUT2D eigenvalue weighted by molar-refractivity contribution is 7.90. The second kappa shape index (κ2) is 5.10. The predicted molar refractivity (Wildman–Crippen MR) is 70.1 cm³/mol. The average molecular weight is 267 g/mol. The van der Waals surface area contributed by atoms with Gasteiger partial charge in [-0.2, -0.15) is 0 Å². The van der Waals surface area contributed by atoms with Crippen LogP contribution in [0.25, 0.3) is 0 Å². The highest BCUT2D eigenvalue weighted by Crippen LogP contribution is 2.26. The van der Waals surface area contributed by atoms with Gasteiger partial charge in [0.25, 0.3) is 0 Å². The quantitative estimate of drug-likeness (QED) is 0.913. The van der Waals surface area contributed by atoms with Crippen molar-refractivity contribution in [1.29, 1.82) is 0 Å². The molecule has 2 rings (SSSR count). The van der Waals surface area contributed by atoms with Gasteiger partial charge in [-0.1, -0.05) is 12.8 Å². The molecule has 0 unspecified atom stereocenters. The van der Waals surface area contributed by atoms with Crippen molar-refractivity contribution >= 4 is 21.4 Å². The maximum atomic E-state index is 11.9.